The summed E-state index contributed by atoms with van der Waals surface area (Å²) in [5, 5.41) is 0. The number of likely N-dealkylation sites (tertiary alicyclic amines) is 1. The third-order valence-corrected chi connectivity index (χ3v) is 3.90. The minimum Gasteiger partial charge on any atom is -0.496 e. The van der Waals surface area contributed by atoms with E-state index >= 15 is 0 Å². The van der Waals surface area contributed by atoms with Crippen LogP contribution in [0.3, 0.4) is 0 Å². The van der Waals surface area contributed by atoms with Gasteiger partial charge in [-0.05, 0) is 57.0 Å². The molecule has 1 saturated heterocycles. The predicted molar refractivity (Wildman–Crippen MR) is 75.1 cm³/mol. The van der Waals surface area contributed by atoms with Crippen molar-refractivity contribution in [2.75, 3.05) is 26.7 Å². The fraction of sp³-hybridized carbons (Fsp3) is 0.600. The minimum absolute atomic E-state index is 0.0392. The van der Waals surface area contributed by atoms with Gasteiger partial charge in [0.05, 0.1) is 7.11 Å². The molecule has 3 nitrogen and oxygen atoms in total. The summed E-state index contributed by atoms with van der Waals surface area (Å²) in [6, 6.07) is 4.31. The average Bonchev–Trinajstić information content (AvgIpc) is 2.84. The van der Waals surface area contributed by atoms with Gasteiger partial charge in [-0.25, -0.2) is 0 Å². The van der Waals surface area contributed by atoms with Gasteiger partial charge in [-0.1, -0.05) is 6.07 Å². The second kappa shape index (κ2) is 5.72. The number of aryl methyl sites for hydroxylation is 2. The molecule has 0 saturated carbocycles. The third-order valence-electron chi connectivity index (χ3n) is 3.90. The molecule has 1 heterocycles. The van der Waals surface area contributed by atoms with Crippen molar-refractivity contribution >= 4 is 0 Å². The van der Waals surface area contributed by atoms with Gasteiger partial charge in [0.2, 0.25) is 0 Å². The fourth-order valence-corrected chi connectivity index (χ4v) is 2.62. The van der Waals surface area contributed by atoms with Crippen LogP contribution in [0, 0.1) is 13.8 Å². The Morgan fingerprint density at radius 3 is 2.44 bits per heavy atom. The number of hydrogen-bond donors (Lipinski definition) is 1. The maximum Gasteiger partial charge on any atom is 0.123 e. The average molecular weight is 248 g/mol. The lowest BCUT2D eigenvalue weighted by molar-refractivity contribution is 0.311. The van der Waals surface area contributed by atoms with E-state index in [1.807, 2.05) is 0 Å². The Hall–Kier alpha value is -1.06. The highest BCUT2D eigenvalue weighted by Gasteiger charge is 2.19. The molecule has 1 atom stereocenters. The lowest BCUT2D eigenvalue weighted by atomic mass is 10.00. The molecule has 2 N–H and O–H groups in total. The molecule has 0 spiro atoms. The maximum atomic E-state index is 6.35. The highest BCUT2D eigenvalue weighted by molar-refractivity contribution is 5.43. The van der Waals surface area contributed by atoms with Crippen molar-refractivity contribution in [2.45, 2.75) is 32.7 Å². The Bertz CT molecular complexity index is 411. The first kappa shape index (κ1) is 13.4. The van der Waals surface area contributed by atoms with Gasteiger partial charge < -0.3 is 15.4 Å². The molecule has 100 valence electrons. The van der Waals surface area contributed by atoms with Crippen LogP contribution < -0.4 is 10.5 Å². The quantitative estimate of drug-likeness (QED) is 0.889. The summed E-state index contributed by atoms with van der Waals surface area (Å²) in [4.78, 5) is 2.44. The second-order valence-corrected chi connectivity index (χ2v) is 5.29. The van der Waals surface area contributed by atoms with Crippen LogP contribution in [-0.4, -0.2) is 31.6 Å². The highest BCUT2D eigenvalue weighted by atomic mass is 16.5. The topological polar surface area (TPSA) is 38.5 Å². The van der Waals surface area contributed by atoms with Gasteiger partial charge in [0.15, 0.2) is 0 Å². The van der Waals surface area contributed by atoms with Crippen molar-refractivity contribution in [2.24, 2.45) is 5.73 Å². The Morgan fingerprint density at radius 2 is 1.83 bits per heavy atom. The van der Waals surface area contributed by atoms with Crippen LogP contribution in [0.25, 0.3) is 0 Å². The van der Waals surface area contributed by atoms with Gasteiger partial charge in [-0.3, -0.25) is 0 Å². The number of methoxy groups -OCH3 is 1. The Labute approximate surface area is 110 Å². The molecule has 18 heavy (non-hydrogen) atoms. The van der Waals surface area contributed by atoms with E-state index in [1.165, 1.54) is 37.1 Å². The van der Waals surface area contributed by atoms with Crippen molar-refractivity contribution < 1.29 is 4.74 Å². The Morgan fingerprint density at radius 1 is 1.22 bits per heavy atom. The molecule has 1 aliphatic heterocycles. The van der Waals surface area contributed by atoms with Crippen molar-refractivity contribution in [3.8, 4) is 5.75 Å². The number of nitrogens with two attached hydrogens (primary N) is 1. The van der Waals surface area contributed by atoms with Gasteiger partial charge in [0.25, 0.3) is 0 Å². The summed E-state index contributed by atoms with van der Waals surface area (Å²) in [6.07, 6.45) is 2.60. The van der Waals surface area contributed by atoms with E-state index in [-0.39, 0.29) is 6.04 Å². The summed E-state index contributed by atoms with van der Waals surface area (Å²) < 4.78 is 5.47. The molecule has 0 bridgehead atoms. The van der Waals surface area contributed by atoms with Crippen LogP contribution >= 0.6 is 0 Å². The monoisotopic (exact) mass is 248 g/mol. The van der Waals surface area contributed by atoms with E-state index in [0.717, 1.165) is 17.9 Å². The first-order valence-corrected chi connectivity index (χ1v) is 6.75. The van der Waals surface area contributed by atoms with Gasteiger partial charge in [0.1, 0.15) is 5.75 Å². The molecule has 1 aromatic carbocycles. The van der Waals surface area contributed by atoms with Crippen molar-refractivity contribution in [1.29, 1.82) is 0 Å². The SMILES string of the molecule is COc1cc(C)c(C)cc1C(N)CN1CCCC1. The molecular weight excluding hydrogens is 224 g/mol. The van der Waals surface area contributed by atoms with Crippen LogP contribution in [0.2, 0.25) is 0 Å². The molecule has 1 unspecified atom stereocenters. The number of hydrogen-bond acceptors (Lipinski definition) is 3. The zero-order valence-corrected chi connectivity index (χ0v) is 11.7. The van der Waals surface area contributed by atoms with Crippen LogP contribution in [-0.2, 0) is 0 Å². The number of rotatable bonds is 4. The molecule has 1 fully saturated rings. The standard InChI is InChI=1S/C15H24N2O/c1-11-8-13(15(18-3)9-12(11)2)14(16)10-17-6-4-5-7-17/h8-9,14H,4-7,10,16H2,1-3H3. The van der Waals surface area contributed by atoms with Crippen LogP contribution in [0.4, 0.5) is 0 Å². The van der Waals surface area contributed by atoms with Gasteiger partial charge in [-0.15, -0.1) is 0 Å². The first-order valence-electron chi connectivity index (χ1n) is 6.75. The minimum atomic E-state index is 0.0392. The first-order chi connectivity index (χ1) is 8.61. The number of nitrogens with zero attached hydrogens (tertiary/aromatic N) is 1. The van der Waals surface area contributed by atoms with E-state index < -0.39 is 0 Å². The lowest BCUT2D eigenvalue weighted by Crippen LogP contribution is -2.30. The molecular formula is C15H24N2O. The number of ether oxygens (including phenoxy) is 1. The lowest BCUT2D eigenvalue weighted by Gasteiger charge is -2.22. The zero-order chi connectivity index (χ0) is 13.1. The molecule has 0 aliphatic carbocycles. The molecule has 3 heteroatoms. The van der Waals surface area contributed by atoms with E-state index in [0.29, 0.717) is 0 Å². The molecule has 0 radical (unpaired) electrons. The summed E-state index contributed by atoms with van der Waals surface area (Å²) in [5.74, 6) is 0.921. The maximum absolute atomic E-state index is 6.35. The fourth-order valence-electron chi connectivity index (χ4n) is 2.62. The zero-order valence-electron chi connectivity index (χ0n) is 11.7. The molecule has 0 amide bonds. The van der Waals surface area contributed by atoms with Crippen LogP contribution in [0.1, 0.15) is 35.6 Å². The van der Waals surface area contributed by atoms with Crippen LogP contribution in [0.15, 0.2) is 12.1 Å². The predicted octanol–water partition coefficient (Wildman–Crippen LogP) is 2.41. The molecule has 1 aromatic rings. The smallest absolute Gasteiger partial charge is 0.123 e. The molecule has 2 rings (SSSR count). The second-order valence-electron chi connectivity index (χ2n) is 5.29. The Balaban J connectivity index is 2.17. The van der Waals surface area contributed by atoms with E-state index in [4.69, 9.17) is 10.5 Å². The van der Waals surface area contributed by atoms with Crippen molar-refractivity contribution in [3.63, 3.8) is 0 Å². The third kappa shape index (κ3) is 2.85. The summed E-state index contributed by atoms with van der Waals surface area (Å²) in [6.45, 7) is 7.52. The van der Waals surface area contributed by atoms with E-state index in [2.05, 4.69) is 30.9 Å². The van der Waals surface area contributed by atoms with Gasteiger partial charge in [0, 0.05) is 18.2 Å². The summed E-state index contributed by atoms with van der Waals surface area (Å²) in [7, 11) is 1.72. The number of benzene rings is 1. The molecule has 1 aliphatic rings. The summed E-state index contributed by atoms with van der Waals surface area (Å²) in [5.41, 5.74) is 10.0. The summed E-state index contributed by atoms with van der Waals surface area (Å²) >= 11 is 0. The van der Waals surface area contributed by atoms with E-state index in [9.17, 15) is 0 Å². The highest BCUT2D eigenvalue weighted by Crippen LogP contribution is 2.28. The Kier molecular flexibility index (Phi) is 4.25. The van der Waals surface area contributed by atoms with Gasteiger partial charge >= 0.3 is 0 Å². The largest absolute Gasteiger partial charge is 0.496 e. The van der Waals surface area contributed by atoms with Gasteiger partial charge in [-0.2, -0.15) is 0 Å². The van der Waals surface area contributed by atoms with Crippen LogP contribution in [0.5, 0.6) is 5.75 Å². The van der Waals surface area contributed by atoms with Crippen molar-refractivity contribution in [3.05, 3.63) is 28.8 Å². The normalized spacial score (nSPS) is 18.0. The molecule has 0 aromatic heterocycles. The van der Waals surface area contributed by atoms with E-state index in [1.54, 1.807) is 7.11 Å². The van der Waals surface area contributed by atoms with Crippen molar-refractivity contribution in [1.82, 2.24) is 4.90 Å².